The molecule has 0 saturated carbocycles. The van der Waals surface area contributed by atoms with Crippen LogP contribution in [0.1, 0.15) is 5.56 Å². The van der Waals surface area contributed by atoms with Gasteiger partial charge in [0.05, 0.1) is 20.3 Å². The van der Waals surface area contributed by atoms with Crippen LogP contribution in [0.4, 0.5) is 0 Å². The van der Waals surface area contributed by atoms with Crippen LogP contribution in [0.2, 0.25) is 0 Å². The van der Waals surface area contributed by atoms with Gasteiger partial charge in [0, 0.05) is 5.56 Å². The van der Waals surface area contributed by atoms with Crippen LogP contribution in [0.15, 0.2) is 35.5 Å². The number of ether oxygens (including phenoxy) is 3. The number of aromatic nitrogens is 2. The molecule has 0 aliphatic heterocycles. The van der Waals surface area contributed by atoms with Crippen LogP contribution in [-0.4, -0.2) is 24.2 Å². The topological polar surface area (TPSA) is 82.9 Å². The van der Waals surface area contributed by atoms with Crippen molar-refractivity contribution in [3.05, 3.63) is 40.8 Å². The smallest absolute Gasteiger partial charge is 0.328 e. The lowest BCUT2D eigenvalue weighted by Crippen LogP contribution is -1.99. The SMILES string of the molecule is COc1cc(OC)nc(Oc2ccccc2CN=O)n1. The summed E-state index contributed by atoms with van der Waals surface area (Å²) in [6.45, 7) is 0.0112. The summed E-state index contributed by atoms with van der Waals surface area (Å²) in [6.07, 6.45) is 0. The summed E-state index contributed by atoms with van der Waals surface area (Å²) in [5.74, 6) is 1.10. The first-order valence-electron chi connectivity index (χ1n) is 5.78. The molecule has 1 heterocycles. The van der Waals surface area contributed by atoms with Gasteiger partial charge >= 0.3 is 6.01 Å². The van der Waals surface area contributed by atoms with Gasteiger partial charge in [0.25, 0.3) is 0 Å². The van der Waals surface area contributed by atoms with Crippen molar-refractivity contribution in [2.75, 3.05) is 14.2 Å². The number of para-hydroxylation sites is 1. The second kappa shape index (κ2) is 6.46. The van der Waals surface area contributed by atoms with Gasteiger partial charge in [-0.3, -0.25) is 0 Å². The Labute approximate surface area is 115 Å². The maximum atomic E-state index is 10.4. The van der Waals surface area contributed by atoms with E-state index in [0.717, 1.165) is 0 Å². The summed E-state index contributed by atoms with van der Waals surface area (Å²) in [5, 5.41) is 2.86. The van der Waals surface area contributed by atoms with E-state index in [0.29, 0.717) is 23.1 Å². The van der Waals surface area contributed by atoms with Gasteiger partial charge in [-0.2, -0.15) is 14.9 Å². The Morgan fingerprint density at radius 1 is 1.10 bits per heavy atom. The van der Waals surface area contributed by atoms with Crippen LogP contribution in [0.5, 0.6) is 23.5 Å². The van der Waals surface area contributed by atoms with E-state index < -0.39 is 0 Å². The highest BCUT2D eigenvalue weighted by molar-refractivity contribution is 5.36. The summed E-state index contributed by atoms with van der Waals surface area (Å²) in [5.41, 5.74) is 0.646. The number of benzene rings is 1. The second-order valence-corrected chi connectivity index (χ2v) is 3.73. The molecule has 1 aromatic carbocycles. The van der Waals surface area contributed by atoms with Gasteiger partial charge in [0.1, 0.15) is 12.3 Å². The molecule has 104 valence electrons. The lowest BCUT2D eigenvalue weighted by Gasteiger charge is -2.09. The Morgan fingerprint density at radius 3 is 2.35 bits per heavy atom. The molecule has 0 saturated heterocycles. The maximum Gasteiger partial charge on any atom is 0.328 e. The van der Waals surface area contributed by atoms with Gasteiger partial charge in [-0.05, 0) is 6.07 Å². The van der Waals surface area contributed by atoms with Crippen LogP contribution in [0.3, 0.4) is 0 Å². The summed E-state index contributed by atoms with van der Waals surface area (Å²) in [4.78, 5) is 18.5. The monoisotopic (exact) mass is 275 g/mol. The molecule has 0 unspecified atom stereocenters. The van der Waals surface area contributed by atoms with Gasteiger partial charge in [-0.25, -0.2) is 0 Å². The average Bonchev–Trinajstić information content (AvgIpc) is 2.49. The molecular weight excluding hydrogens is 262 g/mol. The molecule has 2 aromatic rings. The molecule has 2 rings (SSSR count). The minimum atomic E-state index is 0.0112. The fourth-order valence-electron chi connectivity index (χ4n) is 1.54. The van der Waals surface area contributed by atoms with Crippen LogP contribution in [0, 0.1) is 4.91 Å². The lowest BCUT2D eigenvalue weighted by molar-refractivity contribution is 0.347. The Hall–Kier alpha value is -2.70. The van der Waals surface area contributed by atoms with Crippen molar-refractivity contribution in [2.45, 2.75) is 6.54 Å². The molecule has 0 N–H and O–H groups in total. The van der Waals surface area contributed by atoms with Gasteiger partial charge in [-0.1, -0.05) is 23.4 Å². The molecule has 0 fully saturated rings. The van der Waals surface area contributed by atoms with E-state index in [1.807, 2.05) is 0 Å². The minimum Gasteiger partial charge on any atom is -0.481 e. The molecule has 0 spiro atoms. The van der Waals surface area contributed by atoms with Crippen molar-refractivity contribution in [2.24, 2.45) is 5.18 Å². The Morgan fingerprint density at radius 2 is 1.75 bits per heavy atom. The third-order valence-electron chi connectivity index (χ3n) is 2.49. The van der Waals surface area contributed by atoms with Crippen LogP contribution >= 0.6 is 0 Å². The lowest BCUT2D eigenvalue weighted by atomic mass is 10.2. The molecule has 1 aromatic heterocycles. The number of rotatable bonds is 6. The summed E-state index contributed by atoms with van der Waals surface area (Å²) >= 11 is 0. The van der Waals surface area contributed by atoms with Crippen molar-refractivity contribution in [3.8, 4) is 23.5 Å². The predicted octanol–water partition coefficient (Wildman–Crippen LogP) is 2.55. The molecule has 20 heavy (non-hydrogen) atoms. The average molecular weight is 275 g/mol. The molecule has 0 bridgehead atoms. The molecule has 0 aliphatic rings. The second-order valence-electron chi connectivity index (χ2n) is 3.73. The largest absolute Gasteiger partial charge is 0.481 e. The zero-order chi connectivity index (χ0) is 14.4. The fraction of sp³-hybridized carbons (Fsp3) is 0.231. The molecule has 7 nitrogen and oxygen atoms in total. The van der Waals surface area contributed by atoms with E-state index in [1.54, 1.807) is 24.3 Å². The number of hydrogen-bond donors (Lipinski definition) is 0. The molecule has 0 atom stereocenters. The Bertz CT molecular complexity index is 582. The summed E-state index contributed by atoms with van der Waals surface area (Å²) in [7, 11) is 2.96. The van der Waals surface area contributed by atoms with E-state index in [4.69, 9.17) is 14.2 Å². The third kappa shape index (κ3) is 3.19. The molecule has 7 heteroatoms. The van der Waals surface area contributed by atoms with Crippen molar-refractivity contribution >= 4 is 0 Å². The zero-order valence-electron chi connectivity index (χ0n) is 11.1. The first-order valence-corrected chi connectivity index (χ1v) is 5.78. The maximum absolute atomic E-state index is 10.4. The molecule has 0 aliphatic carbocycles. The third-order valence-corrected chi connectivity index (χ3v) is 2.49. The fourth-order valence-corrected chi connectivity index (χ4v) is 1.54. The van der Waals surface area contributed by atoms with Crippen LogP contribution in [0.25, 0.3) is 0 Å². The Balaban J connectivity index is 2.31. The number of methoxy groups -OCH3 is 2. The number of hydrogen-bond acceptors (Lipinski definition) is 7. The first-order chi connectivity index (χ1) is 9.76. The minimum absolute atomic E-state index is 0.0112. The number of nitrogens with zero attached hydrogens (tertiary/aromatic N) is 3. The van der Waals surface area contributed by atoms with Crippen molar-refractivity contribution in [1.29, 1.82) is 0 Å². The normalized spacial score (nSPS) is 9.90. The predicted molar refractivity (Wildman–Crippen MR) is 71.2 cm³/mol. The van der Waals surface area contributed by atoms with E-state index in [-0.39, 0.29) is 12.6 Å². The van der Waals surface area contributed by atoms with Gasteiger partial charge in [0.15, 0.2) is 0 Å². The van der Waals surface area contributed by atoms with E-state index in [1.165, 1.54) is 20.3 Å². The van der Waals surface area contributed by atoms with Crippen molar-refractivity contribution in [3.63, 3.8) is 0 Å². The van der Waals surface area contributed by atoms with Crippen LogP contribution < -0.4 is 14.2 Å². The summed E-state index contributed by atoms with van der Waals surface area (Å²) in [6, 6.07) is 8.62. The van der Waals surface area contributed by atoms with Crippen LogP contribution in [-0.2, 0) is 6.54 Å². The Kier molecular flexibility index (Phi) is 4.43. The van der Waals surface area contributed by atoms with Gasteiger partial charge < -0.3 is 14.2 Å². The van der Waals surface area contributed by atoms with E-state index >= 15 is 0 Å². The number of nitroso groups, excluding NO2 is 1. The zero-order valence-corrected chi connectivity index (χ0v) is 11.1. The van der Waals surface area contributed by atoms with Gasteiger partial charge in [-0.15, -0.1) is 0 Å². The first kappa shape index (κ1) is 13.7. The van der Waals surface area contributed by atoms with E-state index in [2.05, 4.69) is 15.1 Å². The standard InChI is InChI=1S/C13H13N3O4/c1-18-11-7-12(19-2)16-13(15-11)20-10-6-4-3-5-9(10)8-14-17/h3-7H,8H2,1-2H3. The summed E-state index contributed by atoms with van der Waals surface area (Å²) < 4.78 is 15.6. The highest BCUT2D eigenvalue weighted by Crippen LogP contribution is 2.26. The molecular formula is C13H13N3O4. The van der Waals surface area contributed by atoms with Gasteiger partial charge in [0.2, 0.25) is 11.8 Å². The van der Waals surface area contributed by atoms with Crippen molar-refractivity contribution in [1.82, 2.24) is 9.97 Å². The molecule has 0 amide bonds. The quantitative estimate of drug-likeness (QED) is 0.753. The van der Waals surface area contributed by atoms with E-state index in [9.17, 15) is 4.91 Å². The molecule has 0 radical (unpaired) electrons. The highest BCUT2D eigenvalue weighted by Gasteiger charge is 2.10. The van der Waals surface area contributed by atoms with Crippen molar-refractivity contribution < 1.29 is 14.2 Å². The highest BCUT2D eigenvalue weighted by atomic mass is 16.5.